The summed E-state index contributed by atoms with van der Waals surface area (Å²) in [6, 6.07) is 7.04. The molecule has 1 aromatic rings. The minimum Gasteiger partial charge on any atom is -0.491 e. The molecule has 5 nitrogen and oxygen atoms in total. The molecule has 192 valence electrons. The van der Waals surface area contributed by atoms with E-state index in [-0.39, 0.29) is 17.8 Å². The van der Waals surface area contributed by atoms with Gasteiger partial charge in [-0.3, -0.25) is 0 Å². The standard InChI is InChI=1S/C28H46N2O3S/c1-7-26(19-31-6)33-28(20-29-25-10-16-34-17-11-25)12-14-30(15-13-28)23(5)24-8-9-27(22(4)18-24)32-21(2)3/h8-9,18,21,25-26,29H,5,7,10-17,19-20H2,1-4,6H3. The third kappa shape index (κ3) is 7.64. The van der Waals surface area contributed by atoms with Crippen molar-refractivity contribution in [1.29, 1.82) is 0 Å². The van der Waals surface area contributed by atoms with Gasteiger partial charge < -0.3 is 24.4 Å². The van der Waals surface area contributed by atoms with E-state index < -0.39 is 0 Å². The molecular weight excluding hydrogens is 444 g/mol. The Morgan fingerprint density at radius 1 is 1.24 bits per heavy atom. The summed E-state index contributed by atoms with van der Waals surface area (Å²) < 4.78 is 18.2. The first-order valence-electron chi connectivity index (χ1n) is 13.0. The van der Waals surface area contributed by atoms with Gasteiger partial charge in [-0.25, -0.2) is 0 Å². The van der Waals surface area contributed by atoms with Crippen LogP contribution >= 0.6 is 11.8 Å². The van der Waals surface area contributed by atoms with Crippen LogP contribution in [0.15, 0.2) is 24.8 Å². The van der Waals surface area contributed by atoms with Crippen molar-refractivity contribution in [3.05, 3.63) is 35.9 Å². The van der Waals surface area contributed by atoms with Gasteiger partial charge in [0.05, 0.1) is 24.4 Å². The van der Waals surface area contributed by atoms with Crippen LogP contribution in [-0.2, 0) is 9.47 Å². The molecule has 2 fully saturated rings. The fourth-order valence-corrected chi connectivity index (χ4v) is 6.03. The van der Waals surface area contributed by atoms with Crippen molar-refractivity contribution in [2.24, 2.45) is 0 Å². The van der Waals surface area contributed by atoms with Gasteiger partial charge in [0, 0.05) is 38.5 Å². The van der Waals surface area contributed by atoms with Gasteiger partial charge in [-0.2, -0.15) is 11.8 Å². The number of hydrogen-bond donors (Lipinski definition) is 1. The number of ether oxygens (including phenoxy) is 3. The van der Waals surface area contributed by atoms with Gasteiger partial charge in [0.25, 0.3) is 0 Å². The number of benzene rings is 1. The first kappa shape index (κ1) is 27.4. The summed E-state index contributed by atoms with van der Waals surface area (Å²) in [7, 11) is 1.77. The molecule has 2 aliphatic rings. The highest BCUT2D eigenvalue weighted by atomic mass is 32.2. The Morgan fingerprint density at radius 2 is 1.94 bits per heavy atom. The Balaban J connectivity index is 1.65. The van der Waals surface area contributed by atoms with Gasteiger partial charge in [-0.1, -0.05) is 13.5 Å². The monoisotopic (exact) mass is 490 g/mol. The quantitative estimate of drug-likeness (QED) is 0.416. The third-order valence-electron chi connectivity index (χ3n) is 7.09. The van der Waals surface area contributed by atoms with Gasteiger partial charge >= 0.3 is 0 Å². The van der Waals surface area contributed by atoms with Gasteiger partial charge in [-0.15, -0.1) is 0 Å². The second-order valence-electron chi connectivity index (χ2n) is 10.1. The van der Waals surface area contributed by atoms with Gasteiger partial charge in [0.1, 0.15) is 5.75 Å². The van der Waals surface area contributed by atoms with Gasteiger partial charge in [-0.05, 0) is 93.7 Å². The van der Waals surface area contributed by atoms with Crippen LogP contribution in [0, 0.1) is 6.92 Å². The molecule has 1 atom stereocenters. The maximum absolute atomic E-state index is 6.80. The van der Waals surface area contributed by atoms with E-state index in [4.69, 9.17) is 14.2 Å². The summed E-state index contributed by atoms with van der Waals surface area (Å²) in [6.07, 6.45) is 5.79. The second kappa shape index (κ2) is 13.2. The van der Waals surface area contributed by atoms with Crippen molar-refractivity contribution in [3.63, 3.8) is 0 Å². The lowest BCUT2D eigenvalue weighted by Gasteiger charge is -2.45. The summed E-state index contributed by atoms with van der Waals surface area (Å²) in [4.78, 5) is 2.42. The summed E-state index contributed by atoms with van der Waals surface area (Å²) in [5.74, 6) is 3.48. The van der Waals surface area contributed by atoms with Crippen molar-refractivity contribution in [2.45, 2.75) is 83.6 Å². The largest absolute Gasteiger partial charge is 0.491 e. The molecule has 2 saturated heterocycles. The first-order valence-corrected chi connectivity index (χ1v) is 14.2. The van der Waals surface area contributed by atoms with E-state index in [0.29, 0.717) is 12.6 Å². The van der Waals surface area contributed by atoms with Gasteiger partial charge in [0.2, 0.25) is 0 Å². The van der Waals surface area contributed by atoms with Crippen LogP contribution < -0.4 is 10.1 Å². The lowest BCUT2D eigenvalue weighted by molar-refractivity contribution is -0.135. The number of hydrogen-bond acceptors (Lipinski definition) is 6. The van der Waals surface area contributed by atoms with Crippen molar-refractivity contribution in [1.82, 2.24) is 10.2 Å². The van der Waals surface area contributed by atoms with E-state index >= 15 is 0 Å². The minimum atomic E-state index is -0.147. The molecule has 0 saturated carbocycles. The minimum absolute atomic E-state index is 0.139. The fraction of sp³-hybridized carbons (Fsp3) is 0.714. The van der Waals surface area contributed by atoms with Crippen LogP contribution in [0.1, 0.15) is 64.0 Å². The summed E-state index contributed by atoms with van der Waals surface area (Å²) in [6.45, 7) is 16.4. The smallest absolute Gasteiger partial charge is 0.122 e. The molecule has 0 amide bonds. The molecule has 0 bridgehead atoms. The number of rotatable bonds is 12. The highest BCUT2D eigenvalue weighted by Crippen LogP contribution is 2.33. The van der Waals surface area contributed by atoms with E-state index in [1.165, 1.54) is 29.9 Å². The lowest BCUT2D eigenvalue weighted by atomic mass is 9.89. The SMILES string of the molecule is C=C(c1ccc(OC(C)C)c(C)c1)N1CCC(CNC2CCSCC2)(OC(CC)COC)CC1. The van der Waals surface area contributed by atoms with E-state index in [2.05, 4.69) is 74.5 Å². The summed E-state index contributed by atoms with van der Waals surface area (Å²) in [5.41, 5.74) is 3.27. The molecule has 2 heterocycles. The summed E-state index contributed by atoms with van der Waals surface area (Å²) >= 11 is 2.07. The van der Waals surface area contributed by atoms with E-state index in [9.17, 15) is 0 Å². The average molecular weight is 491 g/mol. The molecule has 0 radical (unpaired) electrons. The lowest BCUT2D eigenvalue weighted by Crippen LogP contribution is -2.54. The van der Waals surface area contributed by atoms with Crippen molar-refractivity contribution < 1.29 is 14.2 Å². The second-order valence-corrected chi connectivity index (χ2v) is 11.4. The topological polar surface area (TPSA) is 43.0 Å². The molecule has 1 N–H and O–H groups in total. The van der Waals surface area contributed by atoms with Crippen LogP contribution in [0.4, 0.5) is 0 Å². The zero-order chi connectivity index (χ0) is 24.6. The van der Waals surface area contributed by atoms with Gasteiger partial charge in [0.15, 0.2) is 0 Å². The molecule has 34 heavy (non-hydrogen) atoms. The Morgan fingerprint density at radius 3 is 2.53 bits per heavy atom. The Bertz CT molecular complexity index is 771. The van der Waals surface area contributed by atoms with E-state index in [1.807, 2.05) is 0 Å². The summed E-state index contributed by atoms with van der Waals surface area (Å²) in [5, 5.41) is 3.87. The Kier molecular flexibility index (Phi) is 10.6. The fourth-order valence-electron chi connectivity index (χ4n) is 4.92. The van der Waals surface area contributed by atoms with E-state index in [1.54, 1.807) is 7.11 Å². The third-order valence-corrected chi connectivity index (χ3v) is 8.13. The van der Waals surface area contributed by atoms with Crippen molar-refractivity contribution in [2.75, 3.05) is 44.9 Å². The number of aryl methyl sites for hydroxylation is 1. The van der Waals surface area contributed by atoms with Crippen LogP contribution in [0.2, 0.25) is 0 Å². The first-order chi connectivity index (χ1) is 16.4. The molecular formula is C28H46N2O3S. The zero-order valence-corrected chi connectivity index (χ0v) is 22.8. The Labute approximate surface area is 212 Å². The average Bonchev–Trinajstić information content (AvgIpc) is 2.84. The maximum Gasteiger partial charge on any atom is 0.122 e. The molecule has 0 aliphatic carbocycles. The molecule has 1 aromatic carbocycles. The van der Waals surface area contributed by atoms with E-state index in [0.717, 1.165) is 55.9 Å². The number of nitrogens with one attached hydrogen (secondary N) is 1. The number of methoxy groups -OCH3 is 1. The molecule has 0 spiro atoms. The predicted octanol–water partition coefficient (Wildman–Crippen LogP) is 5.51. The van der Waals surface area contributed by atoms with Crippen LogP contribution in [0.3, 0.4) is 0 Å². The predicted molar refractivity (Wildman–Crippen MR) is 145 cm³/mol. The number of piperidine rings is 1. The molecule has 3 rings (SSSR count). The normalized spacial score (nSPS) is 19.9. The van der Waals surface area contributed by atoms with Crippen LogP contribution in [0.5, 0.6) is 5.75 Å². The molecule has 0 aromatic heterocycles. The van der Waals surface area contributed by atoms with Crippen molar-refractivity contribution >= 4 is 17.5 Å². The molecule has 2 aliphatic heterocycles. The van der Waals surface area contributed by atoms with Crippen LogP contribution in [-0.4, -0.2) is 73.6 Å². The Hall–Kier alpha value is -1.21. The van der Waals surface area contributed by atoms with Crippen LogP contribution in [0.25, 0.3) is 5.70 Å². The maximum atomic E-state index is 6.80. The highest BCUT2D eigenvalue weighted by molar-refractivity contribution is 7.99. The van der Waals surface area contributed by atoms with Crippen molar-refractivity contribution in [3.8, 4) is 5.75 Å². The highest BCUT2D eigenvalue weighted by Gasteiger charge is 2.38. The zero-order valence-electron chi connectivity index (χ0n) is 22.0. The molecule has 1 unspecified atom stereocenters. The molecule has 6 heteroatoms. The number of thioether (sulfide) groups is 1. The number of nitrogens with zero attached hydrogens (tertiary/aromatic N) is 1. The number of likely N-dealkylation sites (tertiary alicyclic amines) is 1.